The van der Waals surface area contributed by atoms with Crippen molar-refractivity contribution < 1.29 is 4.79 Å². The lowest BCUT2D eigenvalue weighted by atomic mass is 10.0. The maximum absolute atomic E-state index is 10.8. The summed E-state index contributed by atoms with van der Waals surface area (Å²) in [7, 11) is 0. The zero-order valence-corrected chi connectivity index (χ0v) is 14.4. The highest BCUT2D eigenvalue weighted by Gasteiger charge is 1.96. The highest BCUT2D eigenvalue weighted by Crippen LogP contribution is 2.13. The van der Waals surface area contributed by atoms with Crippen LogP contribution in [0.15, 0.2) is 5.10 Å². The van der Waals surface area contributed by atoms with Crippen LogP contribution in [0.5, 0.6) is 0 Å². The van der Waals surface area contributed by atoms with Crippen LogP contribution in [0.3, 0.4) is 0 Å². The Morgan fingerprint density at radius 3 is 1.50 bits per heavy atom. The summed E-state index contributed by atoms with van der Waals surface area (Å²) in [6.07, 6.45) is 16.8. The number of Topliss-reactive ketones (excluding diaryl/α,β-unsaturated/α-hetero) is 1. The fourth-order valence-electron chi connectivity index (χ4n) is 2.59. The number of nitrogens with one attached hydrogen (secondary N) is 1. The molecule has 0 saturated heterocycles. The SMILES string of the molecule is CC(=O)CCCCCCCCCCCCCC/C(N)=N/NN. The largest absolute Gasteiger partial charge is 0.386 e. The average molecular weight is 313 g/mol. The third-order valence-corrected chi connectivity index (χ3v) is 3.92. The van der Waals surface area contributed by atoms with E-state index in [-0.39, 0.29) is 0 Å². The predicted molar refractivity (Wildman–Crippen MR) is 94.3 cm³/mol. The van der Waals surface area contributed by atoms with Crippen molar-refractivity contribution in [3.8, 4) is 0 Å². The summed E-state index contributed by atoms with van der Waals surface area (Å²) in [6, 6.07) is 0. The second-order valence-electron chi connectivity index (χ2n) is 6.18. The van der Waals surface area contributed by atoms with Gasteiger partial charge in [-0.15, -0.1) is 0 Å². The molecule has 0 rings (SSSR count). The van der Waals surface area contributed by atoms with E-state index in [0.29, 0.717) is 11.6 Å². The molecule has 0 saturated carbocycles. The topological polar surface area (TPSA) is 93.5 Å². The highest BCUT2D eigenvalue weighted by atomic mass is 16.1. The minimum absolute atomic E-state index is 0.325. The number of hydrazine groups is 1. The molecule has 5 heteroatoms. The van der Waals surface area contributed by atoms with Crippen LogP contribution in [0.4, 0.5) is 0 Å². The molecule has 130 valence electrons. The molecule has 0 aliphatic carbocycles. The summed E-state index contributed by atoms with van der Waals surface area (Å²) < 4.78 is 0. The van der Waals surface area contributed by atoms with E-state index in [1.165, 1.54) is 64.2 Å². The van der Waals surface area contributed by atoms with Gasteiger partial charge in [-0.25, -0.2) is 11.4 Å². The first-order valence-corrected chi connectivity index (χ1v) is 8.94. The predicted octanol–water partition coefficient (Wildman–Crippen LogP) is 3.77. The number of hydrogen-bond acceptors (Lipinski definition) is 4. The van der Waals surface area contributed by atoms with Gasteiger partial charge < -0.3 is 10.5 Å². The number of hydrogen-bond donors (Lipinski definition) is 3. The molecule has 0 fully saturated rings. The molecule has 5 nitrogen and oxygen atoms in total. The molecule has 0 atom stereocenters. The number of carbonyl (C=O) groups excluding carboxylic acids is 1. The van der Waals surface area contributed by atoms with Crippen LogP contribution in [-0.2, 0) is 4.79 Å². The van der Waals surface area contributed by atoms with Gasteiger partial charge in [0.2, 0.25) is 0 Å². The molecule has 0 aromatic heterocycles. The summed E-state index contributed by atoms with van der Waals surface area (Å²) in [4.78, 5) is 10.8. The Hall–Kier alpha value is -1.10. The maximum Gasteiger partial charge on any atom is 0.129 e. The van der Waals surface area contributed by atoms with E-state index >= 15 is 0 Å². The Morgan fingerprint density at radius 2 is 1.14 bits per heavy atom. The first-order valence-electron chi connectivity index (χ1n) is 8.94. The fraction of sp³-hybridized carbons (Fsp3) is 0.882. The molecule has 0 aliphatic heterocycles. The number of carbonyl (C=O) groups is 1. The van der Waals surface area contributed by atoms with E-state index in [4.69, 9.17) is 11.6 Å². The standard InChI is InChI=1S/C17H36N4O/c1-16(22)14-12-10-8-6-4-2-3-5-7-9-11-13-15-17(18)20-21-19/h21H,2-15,19H2,1H3,(H2,18,20). The first kappa shape index (κ1) is 20.9. The van der Waals surface area contributed by atoms with Crippen LogP contribution in [0.2, 0.25) is 0 Å². The molecule has 0 aromatic carbocycles. The van der Waals surface area contributed by atoms with Crippen molar-refractivity contribution in [2.45, 2.75) is 96.8 Å². The lowest BCUT2D eigenvalue weighted by Gasteiger charge is -2.03. The number of nitrogens with two attached hydrogens (primary N) is 2. The second kappa shape index (κ2) is 16.3. The Labute approximate surface area is 136 Å². The van der Waals surface area contributed by atoms with Crippen molar-refractivity contribution >= 4 is 11.6 Å². The molecule has 0 aliphatic rings. The normalized spacial score (nSPS) is 11.6. The molecule has 0 amide bonds. The molecule has 0 radical (unpaired) electrons. The van der Waals surface area contributed by atoms with Crippen molar-refractivity contribution in [3.05, 3.63) is 0 Å². The van der Waals surface area contributed by atoms with Gasteiger partial charge >= 0.3 is 0 Å². The molecule has 0 bridgehead atoms. The summed E-state index contributed by atoms with van der Waals surface area (Å²) in [5.74, 6) is 5.97. The summed E-state index contributed by atoms with van der Waals surface area (Å²) >= 11 is 0. The quantitative estimate of drug-likeness (QED) is 0.133. The number of ketones is 1. The monoisotopic (exact) mass is 312 g/mol. The van der Waals surface area contributed by atoms with Gasteiger partial charge in [0.25, 0.3) is 0 Å². The van der Waals surface area contributed by atoms with Gasteiger partial charge in [-0.1, -0.05) is 64.2 Å². The average Bonchev–Trinajstić information content (AvgIpc) is 2.47. The van der Waals surface area contributed by atoms with Gasteiger partial charge in [-0.3, -0.25) is 0 Å². The lowest BCUT2D eigenvalue weighted by Crippen LogP contribution is -2.22. The smallest absolute Gasteiger partial charge is 0.129 e. The number of hydrazone groups is 1. The van der Waals surface area contributed by atoms with Crippen LogP contribution in [0.25, 0.3) is 0 Å². The van der Waals surface area contributed by atoms with Crippen LogP contribution < -0.4 is 17.1 Å². The Kier molecular flexibility index (Phi) is 15.5. The number of unbranched alkanes of at least 4 members (excludes halogenated alkanes) is 11. The Bertz CT molecular complexity index is 292. The van der Waals surface area contributed by atoms with Crippen molar-refractivity contribution in [3.63, 3.8) is 0 Å². The van der Waals surface area contributed by atoms with Crippen molar-refractivity contribution in [1.82, 2.24) is 5.53 Å². The minimum atomic E-state index is 0.325. The van der Waals surface area contributed by atoms with Gasteiger partial charge in [0, 0.05) is 12.8 Å². The molecule has 0 spiro atoms. The summed E-state index contributed by atoms with van der Waals surface area (Å²) in [5.41, 5.74) is 7.85. The number of amidine groups is 1. The molecule has 22 heavy (non-hydrogen) atoms. The van der Waals surface area contributed by atoms with E-state index < -0.39 is 0 Å². The maximum atomic E-state index is 10.8. The zero-order valence-electron chi connectivity index (χ0n) is 14.4. The van der Waals surface area contributed by atoms with Gasteiger partial charge in [-0.2, -0.15) is 5.10 Å². The lowest BCUT2D eigenvalue weighted by molar-refractivity contribution is -0.117. The molecular weight excluding hydrogens is 276 g/mol. The molecular formula is C17H36N4O. The molecule has 5 N–H and O–H groups in total. The first-order chi connectivity index (χ1) is 10.7. The summed E-state index contributed by atoms with van der Waals surface area (Å²) in [6.45, 7) is 1.68. The van der Waals surface area contributed by atoms with Gasteiger partial charge in [0.1, 0.15) is 11.6 Å². The van der Waals surface area contributed by atoms with Crippen LogP contribution >= 0.6 is 0 Å². The van der Waals surface area contributed by atoms with Gasteiger partial charge in [0.05, 0.1) is 0 Å². The third-order valence-electron chi connectivity index (χ3n) is 3.92. The fourth-order valence-corrected chi connectivity index (χ4v) is 2.59. The van der Waals surface area contributed by atoms with Crippen LogP contribution in [0, 0.1) is 0 Å². The van der Waals surface area contributed by atoms with Crippen LogP contribution in [-0.4, -0.2) is 11.6 Å². The minimum Gasteiger partial charge on any atom is -0.386 e. The van der Waals surface area contributed by atoms with E-state index in [2.05, 4.69) is 10.6 Å². The zero-order chi connectivity index (χ0) is 16.5. The van der Waals surface area contributed by atoms with Crippen molar-refractivity contribution in [1.29, 1.82) is 0 Å². The van der Waals surface area contributed by atoms with Crippen molar-refractivity contribution in [2.24, 2.45) is 16.7 Å². The molecule has 0 unspecified atom stereocenters. The second-order valence-corrected chi connectivity index (χ2v) is 6.18. The van der Waals surface area contributed by atoms with E-state index in [1.54, 1.807) is 6.92 Å². The van der Waals surface area contributed by atoms with E-state index in [1.807, 2.05) is 0 Å². The molecule has 0 heterocycles. The van der Waals surface area contributed by atoms with Crippen LogP contribution in [0.1, 0.15) is 96.8 Å². The van der Waals surface area contributed by atoms with E-state index in [9.17, 15) is 4.79 Å². The third kappa shape index (κ3) is 17.0. The molecule has 0 aromatic rings. The highest BCUT2D eigenvalue weighted by molar-refractivity contribution is 5.79. The van der Waals surface area contributed by atoms with Crippen molar-refractivity contribution in [2.75, 3.05) is 0 Å². The number of nitrogens with zero attached hydrogens (tertiary/aromatic N) is 1. The Morgan fingerprint density at radius 1 is 0.773 bits per heavy atom. The Balaban J connectivity index is 3.08. The van der Waals surface area contributed by atoms with Gasteiger partial charge in [-0.05, 0) is 19.8 Å². The summed E-state index contributed by atoms with van der Waals surface area (Å²) in [5, 5.41) is 3.73. The van der Waals surface area contributed by atoms with Gasteiger partial charge in [0.15, 0.2) is 0 Å². The van der Waals surface area contributed by atoms with E-state index in [0.717, 1.165) is 25.7 Å². The number of rotatable bonds is 16.